The molecule has 0 unspecified atom stereocenters. The van der Waals surface area contributed by atoms with Gasteiger partial charge in [-0.05, 0) is 24.3 Å². The highest BCUT2D eigenvalue weighted by Gasteiger charge is 2.06. The molecule has 0 radical (unpaired) electrons. The molecule has 3 rings (SSSR count). The number of thioether (sulfide) groups is 1. The maximum Gasteiger partial charge on any atom is 0.234 e. The van der Waals surface area contributed by atoms with Crippen LogP contribution in [0.2, 0.25) is 0 Å². The van der Waals surface area contributed by atoms with Gasteiger partial charge in [0.15, 0.2) is 5.16 Å². The number of para-hydroxylation sites is 1. The lowest BCUT2D eigenvalue weighted by atomic mass is 10.3. The van der Waals surface area contributed by atoms with E-state index in [2.05, 4.69) is 15.3 Å². The second-order valence-corrected chi connectivity index (χ2v) is 5.64. The average molecular weight is 325 g/mol. The monoisotopic (exact) mass is 325 g/mol. The lowest BCUT2D eigenvalue weighted by molar-refractivity contribution is -0.113. The van der Waals surface area contributed by atoms with Crippen LogP contribution in [-0.4, -0.2) is 21.6 Å². The number of anilines is 1. The second kappa shape index (κ2) is 7.51. The van der Waals surface area contributed by atoms with Gasteiger partial charge < -0.3 is 15.0 Å². The topological polar surface area (TPSA) is 67.0 Å². The minimum Gasteiger partial charge on any atom is -0.457 e. The highest BCUT2D eigenvalue weighted by molar-refractivity contribution is 7.99. The maximum atomic E-state index is 12.0. The van der Waals surface area contributed by atoms with E-state index in [0.717, 1.165) is 10.9 Å². The number of imidazole rings is 1. The summed E-state index contributed by atoms with van der Waals surface area (Å²) in [5.74, 6) is 1.62. The number of nitrogens with one attached hydrogen (secondary N) is 2. The molecule has 0 aliphatic carbocycles. The second-order valence-electron chi connectivity index (χ2n) is 4.67. The van der Waals surface area contributed by atoms with Crippen molar-refractivity contribution in [2.45, 2.75) is 5.16 Å². The third-order valence-corrected chi connectivity index (χ3v) is 3.81. The number of carbonyl (C=O) groups excluding carboxylic acids is 1. The molecule has 0 saturated heterocycles. The van der Waals surface area contributed by atoms with Crippen molar-refractivity contribution in [1.29, 1.82) is 0 Å². The van der Waals surface area contributed by atoms with Crippen LogP contribution in [0.4, 0.5) is 5.69 Å². The minimum atomic E-state index is -0.0942. The van der Waals surface area contributed by atoms with Crippen molar-refractivity contribution in [3.05, 3.63) is 67.0 Å². The average Bonchev–Trinajstić information content (AvgIpc) is 3.08. The summed E-state index contributed by atoms with van der Waals surface area (Å²) in [6.45, 7) is 0. The van der Waals surface area contributed by atoms with Crippen LogP contribution in [0.15, 0.2) is 72.1 Å². The van der Waals surface area contributed by atoms with Crippen molar-refractivity contribution < 1.29 is 9.53 Å². The van der Waals surface area contributed by atoms with Crippen molar-refractivity contribution in [2.75, 3.05) is 11.1 Å². The van der Waals surface area contributed by atoms with Gasteiger partial charge in [-0.25, -0.2) is 4.98 Å². The van der Waals surface area contributed by atoms with Crippen LogP contribution >= 0.6 is 11.8 Å². The fourth-order valence-electron chi connectivity index (χ4n) is 1.92. The van der Waals surface area contributed by atoms with E-state index in [0.29, 0.717) is 11.4 Å². The fourth-order valence-corrected chi connectivity index (χ4v) is 2.55. The Hall–Kier alpha value is -2.73. The zero-order valence-electron chi connectivity index (χ0n) is 12.2. The van der Waals surface area contributed by atoms with E-state index in [9.17, 15) is 4.79 Å². The fraction of sp³-hybridized carbons (Fsp3) is 0.0588. The van der Waals surface area contributed by atoms with Gasteiger partial charge in [0.25, 0.3) is 0 Å². The van der Waals surface area contributed by atoms with Crippen LogP contribution in [0, 0.1) is 0 Å². The normalized spacial score (nSPS) is 10.3. The molecule has 0 saturated carbocycles. The van der Waals surface area contributed by atoms with Crippen LogP contribution in [-0.2, 0) is 4.79 Å². The lowest BCUT2D eigenvalue weighted by Gasteiger charge is -2.08. The Morgan fingerprint density at radius 3 is 2.74 bits per heavy atom. The summed E-state index contributed by atoms with van der Waals surface area (Å²) in [5.41, 5.74) is 0.698. The van der Waals surface area contributed by atoms with E-state index in [-0.39, 0.29) is 11.7 Å². The van der Waals surface area contributed by atoms with Crippen molar-refractivity contribution in [1.82, 2.24) is 9.97 Å². The zero-order valence-corrected chi connectivity index (χ0v) is 13.0. The first-order valence-corrected chi connectivity index (χ1v) is 8.03. The predicted molar refractivity (Wildman–Crippen MR) is 90.9 cm³/mol. The Balaban J connectivity index is 1.57. The van der Waals surface area contributed by atoms with Crippen molar-refractivity contribution in [2.24, 2.45) is 0 Å². The molecule has 2 aromatic carbocycles. The quantitative estimate of drug-likeness (QED) is 0.674. The molecule has 2 N–H and O–H groups in total. The van der Waals surface area contributed by atoms with Gasteiger partial charge >= 0.3 is 0 Å². The standard InChI is InChI=1S/C17H15N3O2S/c21-16(12-23-17-18-9-10-19-17)20-13-5-4-8-15(11-13)22-14-6-2-1-3-7-14/h1-11H,12H2,(H,18,19)(H,20,21). The molecule has 116 valence electrons. The van der Waals surface area contributed by atoms with Crippen molar-refractivity contribution in [3.8, 4) is 11.5 Å². The molecule has 23 heavy (non-hydrogen) atoms. The summed E-state index contributed by atoms with van der Waals surface area (Å²) < 4.78 is 5.75. The number of nitrogens with zero attached hydrogens (tertiary/aromatic N) is 1. The molecule has 0 fully saturated rings. The van der Waals surface area contributed by atoms with Crippen LogP contribution in [0.25, 0.3) is 0 Å². The molecule has 5 nitrogen and oxygen atoms in total. The summed E-state index contributed by atoms with van der Waals surface area (Å²) in [5, 5.41) is 3.57. The van der Waals surface area contributed by atoms with Crippen molar-refractivity contribution in [3.63, 3.8) is 0 Å². The molecule has 0 spiro atoms. The number of ether oxygens (including phenoxy) is 1. The van der Waals surface area contributed by atoms with Gasteiger partial charge in [0.1, 0.15) is 11.5 Å². The first kappa shape index (κ1) is 15.2. The number of carbonyl (C=O) groups is 1. The summed E-state index contributed by atoms with van der Waals surface area (Å²) in [7, 11) is 0. The molecule has 0 aliphatic rings. The SMILES string of the molecule is O=C(CSc1ncc[nH]1)Nc1cccc(Oc2ccccc2)c1. The van der Waals surface area contributed by atoms with Gasteiger partial charge in [0, 0.05) is 24.1 Å². The lowest BCUT2D eigenvalue weighted by Crippen LogP contribution is -2.14. The molecule has 1 amide bonds. The number of aromatic nitrogens is 2. The summed E-state index contributed by atoms with van der Waals surface area (Å²) >= 11 is 1.35. The Morgan fingerprint density at radius 1 is 1.13 bits per heavy atom. The van der Waals surface area contributed by atoms with E-state index in [4.69, 9.17) is 4.74 Å². The van der Waals surface area contributed by atoms with Crippen LogP contribution < -0.4 is 10.1 Å². The number of amides is 1. The number of rotatable bonds is 6. The number of hydrogen-bond acceptors (Lipinski definition) is 4. The largest absolute Gasteiger partial charge is 0.457 e. The molecule has 0 bridgehead atoms. The van der Waals surface area contributed by atoms with Crippen LogP contribution in [0.5, 0.6) is 11.5 Å². The third-order valence-electron chi connectivity index (χ3n) is 2.91. The summed E-state index contributed by atoms with van der Waals surface area (Å²) in [6, 6.07) is 16.8. The minimum absolute atomic E-state index is 0.0942. The van der Waals surface area contributed by atoms with Crippen LogP contribution in [0.1, 0.15) is 0 Å². The molecule has 6 heteroatoms. The number of aromatic amines is 1. The first-order valence-electron chi connectivity index (χ1n) is 7.04. The van der Waals surface area contributed by atoms with Gasteiger partial charge in [-0.15, -0.1) is 0 Å². The predicted octanol–water partition coefficient (Wildman–Crippen LogP) is 3.93. The van der Waals surface area contributed by atoms with E-state index in [1.807, 2.05) is 48.5 Å². The van der Waals surface area contributed by atoms with Gasteiger partial charge in [0.05, 0.1) is 5.75 Å². The Kier molecular flexibility index (Phi) is 4.95. The van der Waals surface area contributed by atoms with Gasteiger partial charge in [-0.1, -0.05) is 36.0 Å². The Labute approximate surface area is 138 Å². The van der Waals surface area contributed by atoms with E-state index < -0.39 is 0 Å². The molecule has 0 aliphatic heterocycles. The van der Waals surface area contributed by atoms with E-state index in [1.165, 1.54) is 11.8 Å². The summed E-state index contributed by atoms with van der Waals surface area (Å²) in [4.78, 5) is 19.0. The highest BCUT2D eigenvalue weighted by Crippen LogP contribution is 2.24. The Bertz CT molecular complexity index is 761. The number of H-pyrrole nitrogens is 1. The molecule has 0 atom stereocenters. The van der Waals surface area contributed by atoms with Gasteiger partial charge in [-0.3, -0.25) is 4.79 Å². The molecular weight excluding hydrogens is 310 g/mol. The smallest absolute Gasteiger partial charge is 0.234 e. The first-order chi connectivity index (χ1) is 11.3. The van der Waals surface area contributed by atoms with Crippen molar-refractivity contribution >= 4 is 23.4 Å². The van der Waals surface area contributed by atoms with E-state index in [1.54, 1.807) is 18.5 Å². The van der Waals surface area contributed by atoms with Gasteiger partial charge in [0.2, 0.25) is 5.91 Å². The maximum absolute atomic E-state index is 12.0. The zero-order chi connectivity index (χ0) is 15.9. The molecule has 1 aromatic heterocycles. The van der Waals surface area contributed by atoms with Crippen LogP contribution in [0.3, 0.4) is 0 Å². The molecule has 1 heterocycles. The number of benzene rings is 2. The van der Waals surface area contributed by atoms with E-state index >= 15 is 0 Å². The molecule has 3 aromatic rings. The molecular formula is C17H15N3O2S. The third kappa shape index (κ3) is 4.62. The van der Waals surface area contributed by atoms with Gasteiger partial charge in [-0.2, -0.15) is 0 Å². The number of hydrogen-bond donors (Lipinski definition) is 2. The Morgan fingerprint density at radius 2 is 1.96 bits per heavy atom. The highest BCUT2D eigenvalue weighted by atomic mass is 32.2. The summed E-state index contributed by atoms with van der Waals surface area (Å²) in [6.07, 6.45) is 3.38.